The standard InChI is InChI=1S/C11H20N2OS/c1-8(2)13-6-5-11(12-13)7-15-10(4)9(3)14/h5-6,8-10,14H,7H2,1-4H3. The molecule has 0 spiro atoms. The van der Waals surface area contributed by atoms with Gasteiger partial charge in [0.2, 0.25) is 0 Å². The molecule has 1 N–H and O–H groups in total. The van der Waals surface area contributed by atoms with E-state index in [-0.39, 0.29) is 11.4 Å². The van der Waals surface area contributed by atoms with E-state index in [0.717, 1.165) is 11.4 Å². The molecule has 0 bridgehead atoms. The molecule has 1 rings (SSSR count). The summed E-state index contributed by atoms with van der Waals surface area (Å²) in [5.41, 5.74) is 1.08. The number of aliphatic hydroxyl groups is 1. The van der Waals surface area contributed by atoms with Gasteiger partial charge in [0.15, 0.2) is 0 Å². The molecule has 2 atom stereocenters. The molecular formula is C11H20N2OS. The predicted molar refractivity (Wildman–Crippen MR) is 65.0 cm³/mol. The maximum atomic E-state index is 9.35. The minimum atomic E-state index is -0.262. The van der Waals surface area contributed by atoms with Crippen LogP contribution in [0, 0.1) is 0 Å². The largest absolute Gasteiger partial charge is 0.392 e. The van der Waals surface area contributed by atoms with Gasteiger partial charge in [0.05, 0.1) is 11.8 Å². The molecule has 1 aromatic heterocycles. The molecule has 3 nitrogen and oxygen atoms in total. The van der Waals surface area contributed by atoms with Crippen LogP contribution in [-0.4, -0.2) is 26.2 Å². The summed E-state index contributed by atoms with van der Waals surface area (Å²) in [6.07, 6.45) is 1.75. The smallest absolute Gasteiger partial charge is 0.0723 e. The van der Waals surface area contributed by atoms with Gasteiger partial charge in [0.25, 0.3) is 0 Å². The number of hydrogen-bond donors (Lipinski definition) is 1. The van der Waals surface area contributed by atoms with Crippen molar-refractivity contribution in [1.29, 1.82) is 0 Å². The molecule has 0 fully saturated rings. The van der Waals surface area contributed by atoms with Gasteiger partial charge >= 0.3 is 0 Å². The van der Waals surface area contributed by atoms with Crippen LogP contribution in [0.15, 0.2) is 12.3 Å². The van der Waals surface area contributed by atoms with Crippen molar-refractivity contribution in [1.82, 2.24) is 9.78 Å². The van der Waals surface area contributed by atoms with Crippen molar-refractivity contribution >= 4 is 11.8 Å². The Morgan fingerprint density at radius 2 is 2.07 bits per heavy atom. The van der Waals surface area contributed by atoms with Gasteiger partial charge in [-0.15, -0.1) is 11.8 Å². The summed E-state index contributed by atoms with van der Waals surface area (Å²) in [4.78, 5) is 0. The number of aromatic nitrogens is 2. The van der Waals surface area contributed by atoms with Gasteiger partial charge < -0.3 is 5.11 Å². The quantitative estimate of drug-likeness (QED) is 0.841. The van der Waals surface area contributed by atoms with Crippen LogP contribution in [0.2, 0.25) is 0 Å². The molecule has 1 aromatic rings. The van der Waals surface area contributed by atoms with Gasteiger partial charge in [-0.05, 0) is 26.8 Å². The van der Waals surface area contributed by atoms with Crippen molar-refractivity contribution < 1.29 is 5.11 Å². The second-order valence-corrected chi connectivity index (χ2v) is 5.50. The molecule has 0 aliphatic heterocycles. The molecule has 15 heavy (non-hydrogen) atoms. The van der Waals surface area contributed by atoms with E-state index in [2.05, 4.69) is 18.9 Å². The summed E-state index contributed by atoms with van der Waals surface area (Å²) in [7, 11) is 0. The Kier molecular flexibility index (Phi) is 4.67. The molecule has 1 heterocycles. The van der Waals surface area contributed by atoms with Crippen molar-refractivity contribution in [2.75, 3.05) is 0 Å². The predicted octanol–water partition coefficient (Wildman–Crippen LogP) is 2.47. The van der Waals surface area contributed by atoms with Crippen LogP contribution in [0.25, 0.3) is 0 Å². The molecule has 0 saturated carbocycles. The third kappa shape index (κ3) is 3.87. The van der Waals surface area contributed by atoms with Crippen LogP contribution in [0.5, 0.6) is 0 Å². The lowest BCUT2D eigenvalue weighted by Gasteiger charge is -2.12. The summed E-state index contributed by atoms with van der Waals surface area (Å²) >= 11 is 1.74. The van der Waals surface area contributed by atoms with E-state index in [0.29, 0.717) is 6.04 Å². The van der Waals surface area contributed by atoms with Gasteiger partial charge in [-0.2, -0.15) is 5.10 Å². The second kappa shape index (κ2) is 5.56. The Morgan fingerprint density at radius 1 is 1.40 bits per heavy atom. The molecule has 0 amide bonds. The summed E-state index contributed by atoms with van der Waals surface area (Å²) in [6.45, 7) is 8.09. The van der Waals surface area contributed by atoms with Gasteiger partial charge in [0.1, 0.15) is 0 Å². The molecule has 4 heteroatoms. The van der Waals surface area contributed by atoms with Crippen LogP contribution >= 0.6 is 11.8 Å². The Morgan fingerprint density at radius 3 is 2.53 bits per heavy atom. The summed E-state index contributed by atoms with van der Waals surface area (Å²) < 4.78 is 1.96. The lowest BCUT2D eigenvalue weighted by Crippen LogP contribution is -2.15. The van der Waals surface area contributed by atoms with E-state index in [1.165, 1.54) is 0 Å². The van der Waals surface area contributed by atoms with Crippen LogP contribution in [-0.2, 0) is 5.75 Å². The SMILES string of the molecule is CC(O)C(C)SCc1ccn(C(C)C)n1. The van der Waals surface area contributed by atoms with Crippen LogP contribution in [0.1, 0.15) is 39.4 Å². The van der Waals surface area contributed by atoms with Crippen LogP contribution in [0.4, 0.5) is 0 Å². The van der Waals surface area contributed by atoms with E-state index < -0.39 is 0 Å². The minimum absolute atomic E-state index is 0.259. The first-order valence-corrected chi connectivity index (χ1v) is 6.39. The van der Waals surface area contributed by atoms with Gasteiger partial charge in [-0.1, -0.05) is 6.92 Å². The molecule has 0 aliphatic rings. The first-order valence-electron chi connectivity index (χ1n) is 5.34. The topological polar surface area (TPSA) is 38.0 Å². The van der Waals surface area contributed by atoms with E-state index >= 15 is 0 Å². The van der Waals surface area contributed by atoms with E-state index in [4.69, 9.17) is 0 Å². The fourth-order valence-electron chi connectivity index (χ4n) is 1.10. The number of nitrogens with zero attached hydrogens (tertiary/aromatic N) is 2. The molecular weight excluding hydrogens is 208 g/mol. The first-order chi connectivity index (χ1) is 7.00. The van der Waals surface area contributed by atoms with Crippen molar-refractivity contribution in [3.8, 4) is 0 Å². The molecule has 86 valence electrons. The highest BCUT2D eigenvalue weighted by atomic mass is 32.2. The summed E-state index contributed by atoms with van der Waals surface area (Å²) in [6, 6.07) is 2.46. The highest BCUT2D eigenvalue weighted by Crippen LogP contribution is 2.19. The lowest BCUT2D eigenvalue weighted by molar-refractivity contribution is 0.196. The minimum Gasteiger partial charge on any atom is -0.392 e. The number of thioether (sulfide) groups is 1. The normalized spacial score (nSPS) is 15.6. The van der Waals surface area contributed by atoms with Crippen LogP contribution in [0.3, 0.4) is 0 Å². The Labute approximate surface area is 95.9 Å². The zero-order valence-electron chi connectivity index (χ0n) is 9.84. The molecule has 0 saturated heterocycles. The van der Waals surface area contributed by atoms with E-state index in [9.17, 15) is 5.11 Å². The highest BCUT2D eigenvalue weighted by molar-refractivity contribution is 7.99. The lowest BCUT2D eigenvalue weighted by atomic mass is 10.3. The Balaban J connectivity index is 2.44. The highest BCUT2D eigenvalue weighted by Gasteiger charge is 2.10. The fourth-order valence-corrected chi connectivity index (χ4v) is 1.96. The van der Waals surface area contributed by atoms with Crippen molar-refractivity contribution in [2.24, 2.45) is 0 Å². The van der Waals surface area contributed by atoms with Gasteiger partial charge in [-0.25, -0.2) is 0 Å². The maximum Gasteiger partial charge on any atom is 0.0723 e. The Hall–Kier alpha value is -0.480. The van der Waals surface area contributed by atoms with Crippen molar-refractivity contribution in [2.45, 2.75) is 50.8 Å². The number of rotatable bonds is 5. The van der Waals surface area contributed by atoms with Gasteiger partial charge in [-0.3, -0.25) is 4.68 Å². The third-order valence-electron chi connectivity index (χ3n) is 2.37. The Bertz CT molecular complexity index is 297. The zero-order chi connectivity index (χ0) is 11.4. The average Bonchev–Trinajstić information content (AvgIpc) is 2.62. The number of aliphatic hydroxyl groups excluding tert-OH is 1. The molecule has 2 unspecified atom stereocenters. The molecule has 0 radical (unpaired) electrons. The maximum absolute atomic E-state index is 9.35. The first kappa shape index (κ1) is 12.6. The summed E-state index contributed by atoms with van der Waals surface area (Å²) in [5.74, 6) is 0.867. The second-order valence-electron chi connectivity index (χ2n) is 4.14. The molecule has 0 aromatic carbocycles. The van der Waals surface area contributed by atoms with Crippen molar-refractivity contribution in [3.63, 3.8) is 0 Å². The number of hydrogen-bond acceptors (Lipinski definition) is 3. The fraction of sp³-hybridized carbons (Fsp3) is 0.727. The summed E-state index contributed by atoms with van der Waals surface area (Å²) in [5, 5.41) is 14.1. The molecule has 0 aliphatic carbocycles. The van der Waals surface area contributed by atoms with Gasteiger partial charge in [0, 0.05) is 23.2 Å². The van der Waals surface area contributed by atoms with E-state index in [1.54, 1.807) is 11.8 Å². The average molecular weight is 228 g/mol. The van der Waals surface area contributed by atoms with Crippen LogP contribution < -0.4 is 0 Å². The monoisotopic (exact) mass is 228 g/mol. The van der Waals surface area contributed by atoms with Crippen molar-refractivity contribution in [3.05, 3.63) is 18.0 Å². The third-order valence-corrected chi connectivity index (χ3v) is 3.75. The zero-order valence-corrected chi connectivity index (χ0v) is 10.7. The van der Waals surface area contributed by atoms with E-state index in [1.807, 2.05) is 30.8 Å².